The third-order valence-electron chi connectivity index (χ3n) is 2.17. The van der Waals surface area contributed by atoms with Crippen LogP contribution >= 0.6 is 0 Å². The second-order valence-corrected chi connectivity index (χ2v) is 3.13. The predicted octanol–water partition coefficient (Wildman–Crippen LogP) is 1.92. The van der Waals surface area contributed by atoms with Gasteiger partial charge in [0.25, 0.3) is 5.91 Å². The Morgan fingerprint density at radius 1 is 1.33 bits per heavy atom. The molecule has 0 aliphatic carbocycles. The van der Waals surface area contributed by atoms with Crippen LogP contribution in [0.2, 0.25) is 0 Å². The SMILES string of the molecule is NC(=O)c1cccc(-c2cc[nH]c2)c1F. The number of carbonyl (C=O) groups excluding carboxylic acids is 1. The van der Waals surface area contributed by atoms with E-state index < -0.39 is 11.7 Å². The lowest BCUT2D eigenvalue weighted by Gasteiger charge is -2.03. The van der Waals surface area contributed by atoms with Crippen LogP contribution in [0.5, 0.6) is 0 Å². The molecule has 0 saturated carbocycles. The molecule has 2 rings (SSSR count). The van der Waals surface area contributed by atoms with E-state index in [1.54, 1.807) is 30.6 Å². The van der Waals surface area contributed by atoms with Crippen LogP contribution in [0.4, 0.5) is 4.39 Å². The Hall–Kier alpha value is -2.10. The van der Waals surface area contributed by atoms with Gasteiger partial charge in [0, 0.05) is 23.5 Å². The number of carbonyl (C=O) groups is 1. The number of aromatic amines is 1. The molecule has 3 nitrogen and oxygen atoms in total. The number of nitrogens with two attached hydrogens (primary N) is 1. The minimum atomic E-state index is -0.759. The maximum Gasteiger partial charge on any atom is 0.251 e. The van der Waals surface area contributed by atoms with Crippen LogP contribution in [0.1, 0.15) is 10.4 Å². The average molecular weight is 204 g/mol. The molecule has 1 heterocycles. The smallest absolute Gasteiger partial charge is 0.251 e. The summed E-state index contributed by atoms with van der Waals surface area (Å²) in [6, 6.07) is 6.30. The molecule has 0 bridgehead atoms. The summed E-state index contributed by atoms with van der Waals surface area (Å²) < 4.78 is 13.8. The van der Waals surface area contributed by atoms with E-state index in [1.807, 2.05) is 0 Å². The molecule has 0 aliphatic heterocycles. The summed E-state index contributed by atoms with van der Waals surface area (Å²) in [6.45, 7) is 0. The van der Waals surface area contributed by atoms with Gasteiger partial charge in [-0.2, -0.15) is 0 Å². The van der Waals surface area contributed by atoms with Gasteiger partial charge in [0.2, 0.25) is 0 Å². The highest BCUT2D eigenvalue weighted by Crippen LogP contribution is 2.24. The van der Waals surface area contributed by atoms with Crippen LogP contribution in [0.15, 0.2) is 36.7 Å². The van der Waals surface area contributed by atoms with Crippen molar-refractivity contribution in [1.82, 2.24) is 4.98 Å². The van der Waals surface area contributed by atoms with E-state index in [-0.39, 0.29) is 5.56 Å². The Labute approximate surface area is 85.7 Å². The molecule has 1 amide bonds. The number of H-pyrrole nitrogens is 1. The number of nitrogens with one attached hydrogen (secondary N) is 1. The molecule has 0 fully saturated rings. The zero-order valence-electron chi connectivity index (χ0n) is 7.83. The van der Waals surface area contributed by atoms with Crippen molar-refractivity contribution in [2.24, 2.45) is 5.73 Å². The second-order valence-electron chi connectivity index (χ2n) is 3.13. The van der Waals surface area contributed by atoms with Gasteiger partial charge >= 0.3 is 0 Å². The highest BCUT2D eigenvalue weighted by molar-refractivity contribution is 5.94. The monoisotopic (exact) mass is 204 g/mol. The van der Waals surface area contributed by atoms with Crippen LogP contribution in [0, 0.1) is 5.82 Å². The fraction of sp³-hybridized carbons (Fsp3) is 0. The predicted molar refractivity (Wildman–Crippen MR) is 54.7 cm³/mol. The van der Waals surface area contributed by atoms with E-state index in [1.165, 1.54) is 6.07 Å². The molecule has 0 unspecified atom stereocenters. The zero-order chi connectivity index (χ0) is 10.8. The van der Waals surface area contributed by atoms with Crippen molar-refractivity contribution in [1.29, 1.82) is 0 Å². The molecule has 0 radical (unpaired) electrons. The molecule has 1 aromatic heterocycles. The minimum Gasteiger partial charge on any atom is -0.367 e. The molecule has 0 spiro atoms. The van der Waals surface area contributed by atoms with Crippen LogP contribution < -0.4 is 5.73 Å². The number of primary amides is 1. The average Bonchev–Trinajstić information content (AvgIpc) is 2.70. The van der Waals surface area contributed by atoms with Crippen molar-refractivity contribution in [3.63, 3.8) is 0 Å². The summed E-state index contributed by atoms with van der Waals surface area (Å²) in [5, 5.41) is 0. The third kappa shape index (κ3) is 1.61. The van der Waals surface area contributed by atoms with Crippen LogP contribution in [0.25, 0.3) is 11.1 Å². The van der Waals surface area contributed by atoms with Crippen molar-refractivity contribution in [2.45, 2.75) is 0 Å². The molecule has 2 aromatic rings. The molecule has 3 N–H and O–H groups in total. The normalized spacial score (nSPS) is 10.2. The van der Waals surface area contributed by atoms with E-state index in [4.69, 9.17) is 5.73 Å². The molecule has 76 valence electrons. The Bertz CT molecular complexity index is 491. The van der Waals surface area contributed by atoms with Gasteiger partial charge in [-0.3, -0.25) is 4.79 Å². The summed E-state index contributed by atoms with van der Waals surface area (Å²) in [7, 11) is 0. The zero-order valence-corrected chi connectivity index (χ0v) is 7.83. The Morgan fingerprint density at radius 2 is 2.13 bits per heavy atom. The molecule has 4 heteroatoms. The van der Waals surface area contributed by atoms with Crippen molar-refractivity contribution >= 4 is 5.91 Å². The highest BCUT2D eigenvalue weighted by Gasteiger charge is 2.13. The first-order chi connectivity index (χ1) is 7.20. The first kappa shape index (κ1) is 9.45. The largest absolute Gasteiger partial charge is 0.367 e. The van der Waals surface area contributed by atoms with Crippen LogP contribution in [-0.4, -0.2) is 10.9 Å². The fourth-order valence-corrected chi connectivity index (χ4v) is 1.44. The summed E-state index contributed by atoms with van der Waals surface area (Å²) in [5.41, 5.74) is 6.02. The number of amides is 1. The van der Waals surface area contributed by atoms with Gasteiger partial charge < -0.3 is 10.7 Å². The minimum absolute atomic E-state index is 0.0892. The number of aromatic nitrogens is 1. The van der Waals surface area contributed by atoms with Gasteiger partial charge in [-0.25, -0.2) is 4.39 Å². The standard InChI is InChI=1S/C11H9FN2O/c12-10-8(7-4-5-14-6-7)2-1-3-9(10)11(13)15/h1-6,14H,(H2,13,15). The first-order valence-corrected chi connectivity index (χ1v) is 4.41. The van der Waals surface area contributed by atoms with Crippen LogP contribution in [0.3, 0.4) is 0 Å². The Balaban J connectivity index is 2.59. The van der Waals surface area contributed by atoms with Gasteiger partial charge in [0.15, 0.2) is 0 Å². The molecular formula is C11H9FN2O. The van der Waals surface area contributed by atoms with E-state index in [0.717, 1.165) is 0 Å². The lowest BCUT2D eigenvalue weighted by Crippen LogP contribution is -2.13. The van der Waals surface area contributed by atoms with Gasteiger partial charge in [-0.05, 0) is 12.1 Å². The van der Waals surface area contributed by atoms with E-state index in [0.29, 0.717) is 11.1 Å². The van der Waals surface area contributed by atoms with Gasteiger partial charge in [-0.15, -0.1) is 0 Å². The molecular weight excluding hydrogens is 195 g/mol. The Kier molecular flexibility index (Phi) is 2.25. The lowest BCUT2D eigenvalue weighted by atomic mass is 10.0. The van der Waals surface area contributed by atoms with Crippen molar-refractivity contribution in [3.05, 3.63) is 48.0 Å². The van der Waals surface area contributed by atoms with E-state index in [9.17, 15) is 9.18 Å². The summed E-state index contributed by atoms with van der Waals surface area (Å²) >= 11 is 0. The molecule has 0 atom stereocenters. The van der Waals surface area contributed by atoms with Crippen molar-refractivity contribution < 1.29 is 9.18 Å². The quantitative estimate of drug-likeness (QED) is 0.771. The number of rotatable bonds is 2. The second kappa shape index (κ2) is 3.57. The maximum atomic E-state index is 13.8. The summed E-state index contributed by atoms with van der Waals surface area (Å²) in [6.07, 6.45) is 3.34. The number of benzene rings is 1. The van der Waals surface area contributed by atoms with Crippen LogP contribution in [-0.2, 0) is 0 Å². The number of hydrogen-bond acceptors (Lipinski definition) is 1. The molecule has 1 aromatic carbocycles. The molecule has 0 aliphatic rings. The highest BCUT2D eigenvalue weighted by atomic mass is 19.1. The molecule has 15 heavy (non-hydrogen) atoms. The molecule has 0 saturated heterocycles. The van der Waals surface area contributed by atoms with Gasteiger partial charge in [0.1, 0.15) is 5.82 Å². The van der Waals surface area contributed by atoms with Crippen molar-refractivity contribution in [3.8, 4) is 11.1 Å². The Morgan fingerprint density at radius 3 is 2.73 bits per heavy atom. The van der Waals surface area contributed by atoms with E-state index >= 15 is 0 Å². The topological polar surface area (TPSA) is 58.9 Å². The first-order valence-electron chi connectivity index (χ1n) is 4.41. The van der Waals surface area contributed by atoms with Gasteiger partial charge in [-0.1, -0.05) is 12.1 Å². The lowest BCUT2D eigenvalue weighted by molar-refractivity contribution is 0.0996. The third-order valence-corrected chi connectivity index (χ3v) is 2.17. The number of hydrogen-bond donors (Lipinski definition) is 2. The summed E-state index contributed by atoms with van der Waals surface area (Å²) in [4.78, 5) is 13.7. The summed E-state index contributed by atoms with van der Waals surface area (Å²) in [5.74, 6) is -1.34. The number of halogens is 1. The van der Waals surface area contributed by atoms with Gasteiger partial charge in [0.05, 0.1) is 5.56 Å². The fourth-order valence-electron chi connectivity index (χ4n) is 1.44. The van der Waals surface area contributed by atoms with Crippen molar-refractivity contribution in [2.75, 3.05) is 0 Å². The maximum absolute atomic E-state index is 13.8. The van der Waals surface area contributed by atoms with E-state index in [2.05, 4.69) is 4.98 Å².